The molecule has 0 saturated carbocycles. The molecule has 27 heavy (non-hydrogen) atoms. The molecular weight excluding hydrogens is 480 g/mol. The lowest BCUT2D eigenvalue weighted by molar-refractivity contribution is -0.132. The van der Waals surface area contributed by atoms with E-state index in [1.807, 2.05) is 6.07 Å². The van der Waals surface area contributed by atoms with Crippen LogP contribution < -0.4 is 14.8 Å². The summed E-state index contributed by atoms with van der Waals surface area (Å²) in [5.41, 5.74) is 0.926. The van der Waals surface area contributed by atoms with Crippen LogP contribution in [0.4, 0.5) is 5.69 Å². The quantitative estimate of drug-likeness (QED) is 0.282. The van der Waals surface area contributed by atoms with E-state index in [0.717, 1.165) is 0 Å². The number of nitriles is 1. The summed E-state index contributed by atoms with van der Waals surface area (Å²) in [6, 6.07) is 12.1. The van der Waals surface area contributed by atoms with Gasteiger partial charge in [-0.25, -0.2) is 0 Å². The first-order valence-electron chi connectivity index (χ1n) is 7.59. The SMILES string of the molecule is COc1ccccc1NC(=O)/C(C#N)=C/c1cc(Br)c(OC(C)=O)c(Br)c1. The van der Waals surface area contributed by atoms with Crippen LogP contribution in [0.1, 0.15) is 12.5 Å². The number of methoxy groups -OCH3 is 1. The first-order chi connectivity index (χ1) is 12.8. The molecular formula is C19H14Br2N2O4. The van der Waals surface area contributed by atoms with Crippen molar-refractivity contribution < 1.29 is 19.1 Å². The molecule has 0 unspecified atom stereocenters. The third-order valence-electron chi connectivity index (χ3n) is 3.30. The number of nitrogens with zero attached hydrogens (tertiary/aromatic N) is 1. The Hall–Kier alpha value is -2.63. The van der Waals surface area contributed by atoms with E-state index in [1.54, 1.807) is 36.4 Å². The number of nitrogens with one attached hydrogen (secondary N) is 1. The average molecular weight is 494 g/mol. The molecule has 0 radical (unpaired) electrons. The van der Waals surface area contributed by atoms with E-state index in [1.165, 1.54) is 20.1 Å². The van der Waals surface area contributed by atoms with Crippen molar-refractivity contribution in [2.24, 2.45) is 0 Å². The third kappa shape index (κ3) is 5.42. The maximum Gasteiger partial charge on any atom is 0.308 e. The molecule has 0 fully saturated rings. The van der Waals surface area contributed by atoms with Crippen LogP contribution in [0.15, 0.2) is 50.9 Å². The smallest absolute Gasteiger partial charge is 0.308 e. The lowest BCUT2D eigenvalue weighted by Gasteiger charge is -2.10. The van der Waals surface area contributed by atoms with Crippen LogP contribution in [0, 0.1) is 11.3 Å². The number of para-hydroxylation sites is 2. The van der Waals surface area contributed by atoms with E-state index in [9.17, 15) is 14.9 Å². The molecule has 0 bridgehead atoms. The lowest BCUT2D eigenvalue weighted by atomic mass is 10.1. The monoisotopic (exact) mass is 492 g/mol. The number of carbonyl (C=O) groups excluding carboxylic acids is 2. The van der Waals surface area contributed by atoms with Gasteiger partial charge < -0.3 is 14.8 Å². The van der Waals surface area contributed by atoms with Gasteiger partial charge in [-0.2, -0.15) is 5.26 Å². The standard InChI is InChI=1S/C19H14Br2N2O4/c1-11(24)27-18-14(20)8-12(9-15(18)21)7-13(10-22)19(25)23-16-5-3-4-6-17(16)26-2/h3-9H,1-2H3,(H,23,25)/b13-7+. The van der Waals surface area contributed by atoms with Gasteiger partial charge in [0, 0.05) is 6.92 Å². The van der Waals surface area contributed by atoms with Gasteiger partial charge in [-0.1, -0.05) is 12.1 Å². The Morgan fingerprint density at radius 2 is 1.81 bits per heavy atom. The van der Waals surface area contributed by atoms with E-state index in [4.69, 9.17) is 9.47 Å². The highest BCUT2D eigenvalue weighted by atomic mass is 79.9. The molecule has 0 spiro atoms. The predicted molar refractivity (Wildman–Crippen MR) is 108 cm³/mol. The van der Waals surface area contributed by atoms with Crippen LogP contribution in [0.2, 0.25) is 0 Å². The minimum absolute atomic E-state index is 0.0973. The third-order valence-corrected chi connectivity index (χ3v) is 4.48. The lowest BCUT2D eigenvalue weighted by Crippen LogP contribution is -2.14. The van der Waals surface area contributed by atoms with Crippen molar-refractivity contribution in [1.82, 2.24) is 0 Å². The van der Waals surface area contributed by atoms with E-state index < -0.39 is 11.9 Å². The highest BCUT2D eigenvalue weighted by Gasteiger charge is 2.14. The van der Waals surface area contributed by atoms with Crippen LogP contribution in [-0.4, -0.2) is 19.0 Å². The van der Waals surface area contributed by atoms with E-state index in [2.05, 4.69) is 37.2 Å². The number of ether oxygens (including phenoxy) is 2. The number of rotatable bonds is 5. The van der Waals surface area contributed by atoms with Crippen molar-refractivity contribution in [2.75, 3.05) is 12.4 Å². The average Bonchev–Trinajstić information content (AvgIpc) is 2.63. The van der Waals surface area contributed by atoms with E-state index in [-0.39, 0.29) is 5.57 Å². The van der Waals surface area contributed by atoms with Gasteiger partial charge in [0.25, 0.3) is 5.91 Å². The van der Waals surface area contributed by atoms with Crippen LogP contribution >= 0.6 is 31.9 Å². The fraction of sp³-hybridized carbons (Fsp3) is 0.105. The van der Waals surface area contributed by atoms with Gasteiger partial charge in [0.2, 0.25) is 0 Å². The number of halogens is 2. The normalized spacial score (nSPS) is 10.7. The Balaban J connectivity index is 2.31. The zero-order valence-electron chi connectivity index (χ0n) is 14.4. The van der Waals surface area contributed by atoms with Gasteiger partial charge in [0.05, 0.1) is 21.7 Å². The van der Waals surface area contributed by atoms with Crippen molar-refractivity contribution in [3.63, 3.8) is 0 Å². The summed E-state index contributed by atoms with van der Waals surface area (Å²) in [7, 11) is 1.49. The van der Waals surface area contributed by atoms with Crippen molar-refractivity contribution >= 4 is 55.5 Å². The summed E-state index contributed by atoms with van der Waals surface area (Å²) in [4.78, 5) is 23.6. The van der Waals surface area contributed by atoms with Crippen molar-refractivity contribution in [3.05, 3.63) is 56.5 Å². The molecule has 0 aromatic heterocycles. The minimum atomic E-state index is -0.571. The van der Waals surface area contributed by atoms with Crippen LogP contribution in [-0.2, 0) is 9.59 Å². The van der Waals surface area contributed by atoms with Crippen LogP contribution in [0.5, 0.6) is 11.5 Å². The van der Waals surface area contributed by atoms with Crippen molar-refractivity contribution in [3.8, 4) is 17.6 Å². The highest BCUT2D eigenvalue weighted by molar-refractivity contribution is 9.11. The molecule has 0 heterocycles. The second kappa shape index (κ2) is 9.35. The van der Waals surface area contributed by atoms with Gasteiger partial charge in [-0.05, 0) is 67.8 Å². The largest absolute Gasteiger partial charge is 0.495 e. The minimum Gasteiger partial charge on any atom is -0.495 e. The molecule has 2 aromatic rings. The summed E-state index contributed by atoms with van der Waals surface area (Å²) in [6.07, 6.45) is 1.43. The van der Waals surface area contributed by atoms with E-state index >= 15 is 0 Å². The van der Waals surface area contributed by atoms with Crippen LogP contribution in [0.3, 0.4) is 0 Å². The van der Waals surface area contributed by atoms with E-state index in [0.29, 0.717) is 31.7 Å². The number of hydrogen-bond acceptors (Lipinski definition) is 5. The molecule has 0 atom stereocenters. The Morgan fingerprint density at radius 1 is 1.19 bits per heavy atom. The second-order valence-electron chi connectivity index (χ2n) is 5.23. The van der Waals surface area contributed by atoms with Gasteiger partial charge in [-0.3, -0.25) is 9.59 Å². The molecule has 0 saturated heterocycles. The first kappa shape index (κ1) is 20.7. The molecule has 8 heteroatoms. The van der Waals surface area contributed by atoms with Crippen molar-refractivity contribution in [2.45, 2.75) is 6.92 Å². The second-order valence-corrected chi connectivity index (χ2v) is 6.94. The molecule has 2 aromatic carbocycles. The maximum absolute atomic E-state index is 12.4. The molecule has 1 amide bonds. The van der Waals surface area contributed by atoms with Crippen LogP contribution in [0.25, 0.3) is 6.08 Å². The molecule has 6 nitrogen and oxygen atoms in total. The Kier molecular flexibility index (Phi) is 7.16. The van der Waals surface area contributed by atoms with Crippen molar-refractivity contribution in [1.29, 1.82) is 5.26 Å². The Bertz CT molecular complexity index is 941. The zero-order valence-corrected chi connectivity index (χ0v) is 17.5. The summed E-state index contributed by atoms with van der Waals surface area (Å²) in [5, 5.41) is 12.0. The predicted octanol–water partition coefficient (Wildman–Crippen LogP) is 4.69. The Labute approximate surface area is 173 Å². The number of amides is 1. The highest BCUT2D eigenvalue weighted by Crippen LogP contribution is 2.35. The summed E-state index contributed by atoms with van der Waals surface area (Å²) in [5.74, 6) is -0.233. The number of esters is 1. The van der Waals surface area contributed by atoms with Gasteiger partial charge in [-0.15, -0.1) is 0 Å². The fourth-order valence-electron chi connectivity index (χ4n) is 2.16. The molecule has 0 aliphatic heterocycles. The number of anilines is 1. The van der Waals surface area contributed by atoms with Gasteiger partial charge in [0.15, 0.2) is 5.75 Å². The zero-order chi connectivity index (χ0) is 20.0. The maximum atomic E-state index is 12.4. The fourth-order valence-corrected chi connectivity index (χ4v) is 3.54. The summed E-state index contributed by atoms with van der Waals surface area (Å²) >= 11 is 6.62. The molecule has 0 aliphatic rings. The molecule has 0 aliphatic carbocycles. The summed E-state index contributed by atoms with van der Waals surface area (Å²) in [6.45, 7) is 1.29. The van der Waals surface area contributed by atoms with Gasteiger partial charge >= 0.3 is 5.97 Å². The molecule has 2 rings (SSSR count). The summed E-state index contributed by atoms with van der Waals surface area (Å²) < 4.78 is 11.3. The molecule has 1 N–H and O–H groups in total. The van der Waals surface area contributed by atoms with Gasteiger partial charge in [0.1, 0.15) is 17.4 Å². The topological polar surface area (TPSA) is 88.4 Å². The number of benzene rings is 2. The first-order valence-corrected chi connectivity index (χ1v) is 9.18. The molecule has 138 valence electrons. The Morgan fingerprint density at radius 3 is 2.37 bits per heavy atom. The number of hydrogen-bond donors (Lipinski definition) is 1. The number of carbonyl (C=O) groups is 2.